The molecule has 0 N–H and O–H groups in total. The van der Waals surface area contributed by atoms with Gasteiger partial charge in [0, 0.05) is 19.6 Å². The van der Waals surface area contributed by atoms with Crippen LogP contribution < -0.4 is 0 Å². The summed E-state index contributed by atoms with van der Waals surface area (Å²) in [5.41, 5.74) is 1.41. The molecule has 2 aliphatic heterocycles. The van der Waals surface area contributed by atoms with Gasteiger partial charge in [0.05, 0.1) is 25.0 Å². The van der Waals surface area contributed by atoms with E-state index >= 15 is 0 Å². The zero-order valence-corrected chi connectivity index (χ0v) is 10.1. The minimum absolute atomic E-state index is 0.121. The van der Waals surface area contributed by atoms with E-state index in [1.54, 1.807) is 0 Å². The van der Waals surface area contributed by atoms with Crippen LogP contribution in [0.15, 0.2) is 23.8 Å². The molecule has 0 saturated carbocycles. The number of likely N-dealkylation sites (tertiary alicyclic amines) is 1. The lowest BCUT2D eigenvalue weighted by Gasteiger charge is -2.40. The van der Waals surface area contributed by atoms with Crippen LogP contribution in [0.1, 0.15) is 12.8 Å². The van der Waals surface area contributed by atoms with Crippen LogP contribution in [0.5, 0.6) is 0 Å². The number of fused-ring (bicyclic) bond motifs is 2. The smallest absolute Gasteiger partial charge is 0.146 e. The zero-order chi connectivity index (χ0) is 11.7. The van der Waals surface area contributed by atoms with Crippen molar-refractivity contribution in [3.63, 3.8) is 0 Å². The van der Waals surface area contributed by atoms with Crippen LogP contribution in [0.25, 0.3) is 0 Å². The van der Waals surface area contributed by atoms with Gasteiger partial charge in [-0.05, 0) is 18.4 Å². The highest BCUT2D eigenvalue weighted by Gasteiger charge is 2.38. The van der Waals surface area contributed by atoms with E-state index in [0.717, 1.165) is 26.1 Å². The number of carbonyl (C=O) groups is 1. The average molecular weight is 233 g/mol. The Hall–Kier alpha value is -0.930. The molecule has 3 aliphatic rings. The largest absolute Gasteiger partial charge is 0.380 e. The molecule has 2 unspecified atom stereocenters. The molecule has 3 rings (SSSR count). The van der Waals surface area contributed by atoms with Gasteiger partial charge < -0.3 is 4.74 Å². The molecule has 3 heteroatoms. The molecule has 92 valence electrons. The summed E-state index contributed by atoms with van der Waals surface area (Å²) < 4.78 is 5.47. The fraction of sp³-hybridized carbons (Fsp3) is 0.643. The third kappa shape index (κ3) is 2.35. The second kappa shape index (κ2) is 4.75. The molecular formula is C14H19NO2. The van der Waals surface area contributed by atoms with Crippen LogP contribution in [0.4, 0.5) is 0 Å². The maximum absolute atomic E-state index is 11.9. The van der Waals surface area contributed by atoms with E-state index in [2.05, 4.69) is 23.1 Å². The fourth-order valence-electron chi connectivity index (χ4n) is 3.01. The normalized spacial score (nSPS) is 33.6. The van der Waals surface area contributed by atoms with Gasteiger partial charge in [-0.1, -0.05) is 18.2 Å². The lowest BCUT2D eigenvalue weighted by atomic mass is 9.86. The van der Waals surface area contributed by atoms with Crippen molar-refractivity contribution in [2.75, 3.05) is 32.8 Å². The van der Waals surface area contributed by atoms with Crippen molar-refractivity contribution in [1.29, 1.82) is 0 Å². The van der Waals surface area contributed by atoms with Gasteiger partial charge in [0.2, 0.25) is 0 Å². The van der Waals surface area contributed by atoms with Gasteiger partial charge in [-0.15, -0.1) is 0 Å². The number of piperidine rings is 1. The van der Waals surface area contributed by atoms with Gasteiger partial charge in [-0.2, -0.15) is 0 Å². The van der Waals surface area contributed by atoms with E-state index in [1.807, 2.05) is 0 Å². The van der Waals surface area contributed by atoms with Gasteiger partial charge in [0.25, 0.3) is 0 Å². The minimum atomic E-state index is 0.121. The molecule has 0 aromatic rings. The molecule has 2 fully saturated rings. The van der Waals surface area contributed by atoms with E-state index in [0.29, 0.717) is 19.0 Å². The Morgan fingerprint density at radius 3 is 2.65 bits per heavy atom. The van der Waals surface area contributed by atoms with E-state index in [-0.39, 0.29) is 11.8 Å². The first-order valence-electron chi connectivity index (χ1n) is 6.52. The molecule has 0 spiro atoms. The van der Waals surface area contributed by atoms with Crippen molar-refractivity contribution in [2.45, 2.75) is 12.8 Å². The van der Waals surface area contributed by atoms with Crippen molar-refractivity contribution in [3.8, 4) is 0 Å². The van der Waals surface area contributed by atoms with Crippen molar-refractivity contribution in [3.05, 3.63) is 23.8 Å². The number of hydrogen-bond donors (Lipinski definition) is 0. The molecule has 2 bridgehead atoms. The SMILES string of the molecule is O=C1C2COCC1CN(CC1=CCCC=C1)C2. The van der Waals surface area contributed by atoms with Crippen LogP contribution in [0.3, 0.4) is 0 Å². The first kappa shape index (κ1) is 11.2. The summed E-state index contributed by atoms with van der Waals surface area (Å²) in [7, 11) is 0. The molecule has 2 heterocycles. The predicted octanol–water partition coefficient (Wildman–Crippen LogP) is 1.41. The highest BCUT2D eigenvalue weighted by Crippen LogP contribution is 2.24. The monoisotopic (exact) mass is 233 g/mol. The molecule has 0 aromatic heterocycles. The van der Waals surface area contributed by atoms with Crippen LogP contribution in [0, 0.1) is 11.8 Å². The highest BCUT2D eigenvalue weighted by atomic mass is 16.5. The molecule has 2 saturated heterocycles. The topological polar surface area (TPSA) is 29.5 Å². The van der Waals surface area contributed by atoms with Gasteiger partial charge >= 0.3 is 0 Å². The van der Waals surface area contributed by atoms with Crippen LogP contribution in [-0.2, 0) is 9.53 Å². The second-order valence-electron chi connectivity index (χ2n) is 5.29. The predicted molar refractivity (Wildman–Crippen MR) is 65.7 cm³/mol. The van der Waals surface area contributed by atoms with Crippen molar-refractivity contribution >= 4 is 5.78 Å². The third-order valence-electron chi connectivity index (χ3n) is 3.88. The van der Waals surface area contributed by atoms with Crippen molar-refractivity contribution < 1.29 is 9.53 Å². The standard InChI is InChI=1S/C14H19NO2/c16-14-12-7-15(8-13(14)10-17-9-12)6-11-4-2-1-3-5-11/h2,4-5,12-13H,1,3,6-10H2. The molecule has 2 atom stereocenters. The summed E-state index contributed by atoms with van der Waals surface area (Å²) in [6.07, 6.45) is 9.12. The maximum atomic E-state index is 11.9. The number of allylic oxidation sites excluding steroid dienone is 2. The number of ketones is 1. The minimum Gasteiger partial charge on any atom is -0.380 e. The lowest BCUT2D eigenvalue weighted by molar-refractivity contribution is -0.144. The van der Waals surface area contributed by atoms with Crippen LogP contribution >= 0.6 is 0 Å². The van der Waals surface area contributed by atoms with Gasteiger partial charge in [0.1, 0.15) is 5.78 Å². The molecular weight excluding hydrogens is 214 g/mol. The Morgan fingerprint density at radius 1 is 1.24 bits per heavy atom. The van der Waals surface area contributed by atoms with Gasteiger partial charge in [-0.25, -0.2) is 0 Å². The fourth-order valence-corrected chi connectivity index (χ4v) is 3.01. The third-order valence-corrected chi connectivity index (χ3v) is 3.88. The number of Topliss-reactive ketones (excluding diaryl/α,β-unsaturated/α-hetero) is 1. The number of hydrogen-bond acceptors (Lipinski definition) is 3. The summed E-state index contributed by atoms with van der Waals surface area (Å²) in [4.78, 5) is 14.3. The summed E-state index contributed by atoms with van der Waals surface area (Å²) in [5, 5.41) is 0. The second-order valence-corrected chi connectivity index (χ2v) is 5.29. The van der Waals surface area contributed by atoms with Gasteiger partial charge in [0.15, 0.2) is 0 Å². The van der Waals surface area contributed by atoms with E-state index in [9.17, 15) is 4.79 Å². The van der Waals surface area contributed by atoms with Gasteiger partial charge in [-0.3, -0.25) is 9.69 Å². The van der Waals surface area contributed by atoms with Crippen molar-refractivity contribution in [1.82, 2.24) is 4.90 Å². The average Bonchev–Trinajstić information content (AvgIpc) is 2.32. The first-order chi connectivity index (χ1) is 8.33. The van der Waals surface area contributed by atoms with E-state index < -0.39 is 0 Å². The molecule has 0 aromatic carbocycles. The summed E-state index contributed by atoms with van der Waals surface area (Å²) >= 11 is 0. The van der Waals surface area contributed by atoms with E-state index in [1.165, 1.54) is 12.0 Å². The molecule has 1 aliphatic carbocycles. The molecule has 3 nitrogen and oxygen atoms in total. The number of ether oxygens (including phenoxy) is 1. The Labute approximate surface area is 102 Å². The molecule has 0 amide bonds. The zero-order valence-electron chi connectivity index (χ0n) is 10.1. The van der Waals surface area contributed by atoms with Crippen LogP contribution in [-0.4, -0.2) is 43.5 Å². The molecule has 17 heavy (non-hydrogen) atoms. The Bertz CT molecular complexity index is 356. The summed E-state index contributed by atoms with van der Waals surface area (Å²) in [6.45, 7) is 4.00. The quantitative estimate of drug-likeness (QED) is 0.722. The van der Waals surface area contributed by atoms with E-state index in [4.69, 9.17) is 4.74 Å². The number of nitrogens with zero attached hydrogens (tertiary/aromatic N) is 1. The maximum Gasteiger partial charge on any atom is 0.146 e. The Morgan fingerprint density at radius 2 is 2.00 bits per heavy atom. The Kier molecular flexibility index (Phi) is 3.12. The van der Waals surface area contributed by atoms with Crippen LogP contribution in [0.2, 0.25) is 0 Å². The number of rotatable bonds is 2. The first-order valence-corrected chi connectivity index (χ1v) is 6.52. The summed E-state index contributed by atoms with van der Waals surface area (Å²) in [6, 6.07) is 0. The van der Waals surface area contributed by atoms with Crippen molar-refractivity contribution in [2.24, 2.45) is 11.8 Å². The summed E-state index contributed by atoms with van der Waals surface area (Å²) in [5.74, 6) is 0.673. The molecule has 0 radical (unpaired) electrons. The Balaban J connectivity index is 1.64. The highest BCUT2D eigenvalue weighted by molar-refractivity contribution is 5.85. The number of carbonyl (C=O) groups excluding carboxylic acids is 1. The lowest BCUT2D eigenvalue weighted by Crippen LogP contribution is -2.53.